The zero-order chi connectivity index (χ0) is 62.3. The summed E-state index contributed by atoms with van der Waals surface area (Å²) in [6.45, 7) is 0.126. The van der Waals surface area contributed by atoms with Gasteiger partial charge in [-0.3, -0.25) is 28.8 Å². The second kappa shape index (κ2) is 27.7. The highest BCUT2D eigenvalue weighted by atomic mass is 19.1. The lowest BCUT2D eigenvalue weighted by Gasteiger charge is -2.44. The number of aromatic nitrogens is 1. The van der Waals surface area contributed by atoms with E-state index in [1.54, 1.807) is 19.9 Å². The van der Waals surface area contributed by atoms with E-state index in [-0.39, 0.29) is 68.2 Å². The number of carboxylic acids is 1. The number of cyclic esters (lactones) is 1. The molecule has 6 aliphatic rings. The Morgan fingerprint density at radius 3 is 2.43 bits per heavy atom. The van der Waals surface area contributed by atoms with Gasteiger partial charge in [-0.05, 0) is 79.8 Å². The van der Waals surface area contributed by atoms with Crippen LogP contribution >= 0.6 is 0 Å². The molecule has 87 heavy (non-hydrogen) atoms. The Hall–Kier alpha value is -8.19. The molecule has 28 nitrogen and oxygen atoms in total. The van der Waals surface area contributed by atoms with E-state index >= 15 is 4.39 Å². The summed E-state index contributed by atoms with van der Waals surface area (Å²) in [7, 11) is 0. The smallest absolute Gasteiger partial charge is 0.407 e. The lowest BCUT2D eigenvalue weighted by atomic mass is 9.72. The number of halogens is 1. The summed E-state index contributed by atoms with van der Waals surface area (Å²) in [5.74, 6) is -8.71. The third-order valence-electron chi connectivity index (χ3n) is 16.2. The molecule has 29 heteroatoms. The molecule has 2 aliphatic carbocycles. The number of carbonyl (C=O) groups is 9. The second-order valence-electron chi connectivity index (χ2n) is 21.9. The molecule has 1 aromatic heterocycles. The first-order valence-electron chi connectivity index (χ1n) is 28.6. The first kappa shape index (κ1) is 63.3. The van der Waals surface area contributed by atoms with Crippen LogP contribution in [0.5, 0.6) is 5.75 Å². The third kappa shape index (κ3) is 14.1. The van der Waals surface area contributed by atoms with Gasteiger partial charge in [-0.15, -0.1) is 0 Å². The Kier molecular flexibility index (Phi) is 20.1. The van der Waals surface area contributed by atoms with Crippen LogP contribution in [-0.4, -0.2) is 184 Å². The molecule has 9 rings (SSSR count). The average Bonchev–Trinajstić information content (AvgIpc) is 1.64. The molecule has 3 unspecified atom stereocenters. The summed E-state index contributed by atoms with van der Waals surface area (Å²) < 4.78 is 47.9. The average molecular weight is 1220 g/mol. The molecule has 10 atom stereocenters. The number of carboxylic acid groups (broad SMARTS) is 1. The molecule has 468 valence electrons. The van der Waals surface area contributed by atoms with Gasteiger partial charge in [0, 0.05) is 36.0 Å². The zero-order valence-electron chi connectivity index (χ0n) is 47.6. The van der Waals surface area contributed by atoms with Crippen molar-refractivity contribution in [3.63, 3.8) is 0 Å². The summed E-state index contributed by atoms with van der Waals surface area (Å²) >= 11 is 0. The van der Waals surface area contributed by atoms with E-state index < -0.39 is 141 Å². The molecule has 0 bridgehead atoms. The van der Waals surface area contributed by atoms with E-state index in [2.05, 4.69) is 31.9 Å². The van der Waals surface area contributed by atoms with Crippen molar-refractivity contribution in [2.45, 2.75) is 127 Å². The Morgan fingerprint density at radius 2 is 1.64 bits per heavy atom. The van der Waals surface area contributed by atoms with Crippen molar-refractivity contribution in [2.24, 2.45) is 11.8 Å². The van der Waals surface area contributed by atoms with Crippen molar-refractivity contribution in [3.05, 3.63) is 87.4 Å². The molecular formula is C58H69FN8O20. The highest BCUT2D eigenvalue weighted by molar-refractivity contribution is 6.00. The minimum atomic E-state index is -2.02. The van der Waals surface area contributed by atoms with Crippen LogP contribution in [0.25, 0.3) is 16.6 Å². The van der Waals surface area contributed by atoms with Crippen LogP contribution < -0.4 is 36.6 Å². The number of ether oxygens (including phenoxy) is 6. The van der Waals surface area contributed by atoms with Crippen molar-refractivity contribution in [3.8, 4) is 5.75 Å². The number of nitrogens with one attached hydrogen (secondary N) is 6. The lowest BCUT2D eigenvalue weighted by molar-refractivity contribution is -0.271. The van der Waals surface area contributed by atoms with Gasteiger partial charge in [0.15, 0.2) is 11.7 Å². The van der Waals surface area contributed by atoms with Gasteiger partial charge in [-0.1, -0.05) is 44.1 Å². The maximum absolute atomic E-state index is 15.4. The SMILES string of the molecule is CC[C@@]1(O)C(=O)OCC2C(=O)N3Cc4c(nc5cc(F)c(C)c6c5c4[C@@H](NC(=O)COCNC(=O)CNC(=O)CNC(=O)OCc4ccc(O[C@@H]5O[C@H](C(=O)O)[C@@H](O)[C@H](O)[C@H]5O)c(C(=O)NCCNC(=O)COC5/C=C\CCCCC5)c4)CC6)C3=CC21. The van der Waals surface area contributed by atoms with Crippen LogP contribution in [0.1, 0.15) is 102 Å². The Bertz CT molecular complexity index is 3270. The maximum atomic E-state index is 15.4. The molecule has 5 heterocycles. The molecule has 2 fully saturated rings. The second-order valence-corrected chi connectivity index (χ2v) is 21.9. The highest BCUT2D eigenvalue weighted by Gasteiger charge is 2.57. The number of aliphatic hydroxyl groups is 4. The van der Waals surface area contributed by atoms with E-state index in [1.165, 1.54) is 29.2 Å². The topological polar surface area (TPSA) is 398 Å². The number of hydrogen-bond donors (Lipinski definition) is 11. The first-order chi connectivity index (χ1) is 41.7. The van der Waals surface area contributed by atoms with Crippen molar-refractivity contribution >= 4 is 70.1 Å². The number of pyridine rings is 1. The van der Waals surface area contributed by atoms with E-state index in [0.717, 1.165) is 32.1 Å². The zero-order valence-corrected chi connectivity index (χ0v) is 47.6. The summed E-state index contributed by atoms with van der Waals surface area (Å²) in [5, 5.41) is 67.8. The predicted octanol–water partition coefficient (Wildman–Crippen LogP) is -0.432. The molecule has 0 radical (unpaired) electrons. The monoisotopic (exact) mass is 1220 g/mol. The fourth-order valence-electron chi connectivity index (χ4n) is 11.5. The molecule has 4 aliphatic heterocycles. The number of amides is 7. The van der Waals surface area contributed by atoms with Gasteiger partial charge < -0.3 is 90.8 Å². The molecule has 11 N–H and O–H groups in total. The quantitative estimate of drug-likeness (QED) is 0.0263. The summed E-state index contributed by atoms with van der Waals surface area (Å²) in [6.07, 6.45) is 0.00218. The number of rotatable bonds is 22. The van der Waals surface area contributed by atoms with Crippen LogP contribution in [0.15, 0.2) is 42.5 Å². The van der Waals surface area contributed by atoms with Gasteiger partial charge in [-0.25, -0.2) is 23.8 Å². The number of fused-ring (bicyclic) bond motifs is 5. The Labute approximate surface area is 496 Å². The van der Waals surface area contributed by atoms with E-state index in [9.17, 15) is 68.7 Å². The number of nitrogens with zero attached hydrogens (tertiary/aromatic N) is 2. The molecule has 0 saturated carbocycles. The number of carbonyl (C=O) groups excluding carboxylic acids is 8. The van der Waals surface area contributed by atoms with Crippen molar-refractivity contribution in [1.82, 2.24) is 41.8 Å². The highest BCUT2D eigenvalue weighted by Crippen LogP contribution is 2.50. The third-order valence-corrected chi connectivity index (χ3v) is 16.2. The molecule has 7 amide bonds. The van der Waals surface area contributed by atoms with E-state index in [1.807, 2.05) is 12.2 Å². The van der Waals surface area contributed by atoms with Crippen molar-refractivity contribution < 1.29 is 101 Å². The molecule has 2 aromatic carbocycles. The standard InChI is InChI=1S/C58H69FN8O20/c1-3-58(81)35-18-39-47-33(22-67(39)53(76)34(35)24-84-56(58)79)46-37(13-12-31-28(2)36(59)19-38(66-47)45(31)46)65-44(71)25-82-27-64-42(69)20-62-41(68)21-63-57(80)85-23-29-11-14-40(86-55-50(74)48(72)49(73)51(87-55)54(77)78)32(17-29)52(75)61-16-15-60-43(70)26-83-30-9-7-5-4-6-8-10-30/h7,9,11,14,17-19,30,34-35,37,48-51,55,72-74,81H,3-6,8,10,12-13,15-16,20-27H2,1-2H3,(H,60,70)(H,61,75)(H,62,68)(H,63,80)(H,64,69)(H,65,71)(H,77,78)/b9-7-/t30?,34?,35?,37-,48-,49-,50+,51-,55+,58-/m0/s1. The lowest BCUT2D eigenvalue weighted by Crippen LogP contribution is -2.61. The molecule has 0 spiro atoms. The predicted molar refractivity (Wildman–Crippen MR) is 296 cm³/mol. The van der Waals surface area contributed by atoms with Gasteiger partial charge in [0.1, 0.15) is 69.6 Å². The molecular weight excluding hydrogens is 1150 g/mol. The van der Waals surface area contributed by atoms with E-state index in [4.69, 9.17) is 33.4 Å². The Morgan fingerprint density at radius 1 is 0.874 bits per heavy atom. The van der Waals surface area contributed by atoms with Crippen LogP contribution in [-0.2, 0) is 76.8 Å². The summed E-state index contributed by atoms with van der Waals surface area (Å²) in [4.78, 5) is 122. The largest absolute Gasteiger partial charge is 0.479 e. The fourth-order valence-corrected chi connectivity index (χ4v) is 11.5. The van der Waals surface area contributed by atoms with Crippen molar-refractivity contribution in [2.75, 3.05) is 52.7 Å². The number of aliphatic carboxylic acids is 1. The molecule has 2 saturated heterocycles. The van der Waals surface area contributed by atoms with Gasteiger partial charge in [0.2, 0.25) is 35.8 Å². The minimum Gasteiger partial charge on any atom is -0.479 e. The Balaban J connectivity index is 0.731. The van der Waals surface area contributed by atoms with Crippen LogP contribution in [0.3, 0.4) is 0 Å². The number of hydrogen-bond acceptors (Lipinski definition) is 20. The van der Waals surface area contributed by atoms with Crippen LogP contribution in [0, 0.1) is 24.6 Å². The van der Waals surface area contributed by atoms with Crippen LogP contribution in [0.2, 0.25) is 0 Å². The number of aliphatic hydroxyl groups excluding tert-OH is 3. The number of allylic oxidation sites excluding steroid dienone is 1. The minimum absolute atomic E-state index is 0.00739. The summed E-state index contributed by atoms with van der Waals surface area (Å²) in [5.41, 5.74) is 1.42. The van der Waals surface area contributed by atoms with Gasteiger partial charge in [-0.2, -0.15) is 0 Å². The van der Waals surface area contributed by atoms with Gasteiger partial charge >= 0.3 is 18.0 Å². The van der Waals surface area contributed by atoms with E-state index in [0.29, 0.717) is 57.4 Å². The normalized spacial score (nSPS) is 25.8. The maximum Gasteiger partial charge on any atom is 0.407 e. The van der Waals surface area contributed by atoms with Gasteiger partial charge in [0.05, 0.1) is 53.6 Å². The van der Waals surface area contributed by atoms with Crippen molar-refractivity contribution in [1.29, 1.82) is 0 Å². The van der Waals surface area contributed by atoms with Crippen LogP contribution in [0.4, 0.5) is 9.18 Å². The number of benzene rings is 2. The summed E-state index contributed by atoms with van der Waals surface area (Å²) in [6, 6.07) is 4.43. The number of alkyl carbamates (subject to hydrolysis) is 1. The van der Waals surface area contributed by atoms with Gasteiger partial charge in [0.25, 0.3) is 5.91 Å². The fraction of sp³-hybridized carbons (Fsp3) is 0.517. The number of aryl methyl sites for hydroxylation is 1. The first-order valence-corrected chi connectivity index (χ1v) is 28.6. The number of esters is 1. The molecule has 3 aromatic rings.